The van der Waals surface area contributed by atoms with Crippen LogP contribution in [0.4, 0.5) is 0 Å². The number of carbonyl (C=O) groups is 2. The first-order chi connectivity index (χ1) is 10.1. The predicted octanol–water partition coefficient (Wildman–Crippen LogP) is 2.67. The topological polar surface area (TPSA) is 57.6 Å². The quantitative estimate of drug-likeness (QED) is 0.887. The van der Waals surface area contributed by atoms with Gasteiger partial charge in [-0.05, 0) is 18.2 Å². The van der Waals surface area contributed by atoms with E-state index in [9.17, 15) is 14.7 Å². The van der Waals surface area contributed by atoms with Gasteiger partial charge in [0.05, 0.1) is 23.8 Å². The first-order valence-corrected chi connectivity index (χ1v) is 6.85. The van der Waals surface area contributed by atoms with E-state index in [4.69, 9.17) is 11.6 Å². The van der Waals surface area contributed by atoms with E-state index in [0.717, 1.165) is 4.90 Å². The van der Waals surface area contributed by atoms with Crippen molar-refractivity contribution in [3.05, 3.63) is 70.2 Å². The lowest BCUT2D eigenvalue weighted by atomic mass is 10.1. The highest BCUT2D eigenvalue weighted by Gasteiger charge is 2.36. The molecule has 0 aromatic heterocycles. The Morgan fingerprint density at radius 2 is 1.48 bits per heavy atom. The highest BCUT2D eigenvalue weighted by molar-refractivity contribution is 6.31. The number of benzene rings is 2. The number of rotatable bonds is 3. The standard InChI is InChI=1S/C16H12ClNO3/c17-13-8-4-3-7-12(13)14(19)9-18-15(20)10-5-1-2-6-11(10)16(18)21/h1-8,14,19H,9H2/t14-/m0/s1. The van der Waals surface area contributed by atoms with Crippen molar-refractivity contribution >= 4 is 23.4 Å². The van der Waals surface area contributed by atoms with Crippen molar-refractivity contribution in [2.45, 2.75) is 6.10 Å². The minimum absolute atomic E-state index is 0.115. The Labute approximate surface area is 126 Å². The molecule has 0 spiro atoms. The SMILES string of the molecule is O=C1c2ccccc2C(=O)N1C[C@H](O)c1ccccc1Cl. The summed E-state index contributed by atoms with van der Waals surface area (Å²) < 4.78 is 0. The summed E-state index contributed by atoms with van der Waals surface area (Å²) in [4.78, 5) is 25.5. The summed E-state index contributed by atoms with van der Waals surface area (Å²) in [5, 5.41) is 10.7. The van der Waals surface area contributed by atoms with Crippen LogP contribution in [0, 0.1) is 0 Å². The normalized spacial score (nSPS) is 15.2. The summed E-state index contributed by atoms with van der Waals surface area (Å²) in [6.07, 6.45) is -1.01. The lowest BCUT2D eigenvalue weighted by Gasteiger charge is -2.19. The molecule has 1 atom stereocenters. The van der Waals surface area contributed by atoms with Crippen molar-refractivity contribution in [2.24, 2.45) is 0 Å². The fourth-order valence-electron chi connectivity index (χ4n) is 2.42. The van der Waals surface area contributed by atoms with Crippen LogP contribution in [0.3, 0.4) is 0 Å². The van der Waals surface area contributed by atoms with Crippen molar-refractivity contribution in [3.8, 4) is 0 Å². The van der Waals surface area contributed by atoms with Crippen LogP contribution >= 0.6 is 11.6 Å². The van der Waals surface area contributed by atoms with Gasteiger partial charge in [-0.2, -0.15) is 0 Å². The molecule has 1 N–H and O–H groups in total. The van der Waals surface area contributed by atoms with Crippen LogP contribution in [0.15, 0.2) is 48.5 Å². The number of amides is 2. The third-order valence-electron chi connectivity index (χ3n) is 3.50. The van der Waals surface area contributed by atoms with Gasteiger partial charge in [0, 0.05) is 10.6 Å². The molecule has 0 radical (unpaired) electrons. The second-order valence-corrected chi connectivity index (χ2v) is 5.21. The Morgan fingerprint density at radius 1 is 0.952 bits per heavy atom. The number of aliphatic hydroxyl groups excluding tert-OH is 1. The van der Waals surface area contributed by atoms with E-state index in [0.29, 0.717) is 21.7 Å². The number of hydrogen-bond acceptors (Lipinski definition) is 3. The van der Waals surface area contributed by atoms with Gasteiger partial charge in [-0.25, -0.2) is 0 Å². The van der Waals surface area contributed by atoms with Crippen LogP contribution in [0.25, 0.3) is 0 Å². The van der Waals surface area contributed by atoms with Crippen molar-refractivity contribution < 1.29 is 14.7 Å². The molecular formula is C16H12ClNO3. The minimum atomic E-state index is -1.01. The first kappa shape index (κ1) is 13.8. The van der Waals surface area contributed by atoms with Crippen LogP contribution in [0.1, 0.15) is 32.4 Å². The van der Waals surface area contributed by atoms with Gasteiger partial charge >= 0.3 is 0 Å². The number of β-amino-alcohol motifs (C(OH)–C–C–N with tert-alkyl or cyclic N) is 1. The van der Waals surface area contributed by atoms with Crippen LogP contribution in [0.2, 0.25) is 5.02 Å². The highest BCUT2D eigenvalue weighted by atomic mass is 35.5. The number of imide groups is 1. The molecule has 21 heavy (non-hydrogen) atoms. The molecule has 4 nitrogen and oxygen atoms in total. The number of halogens is 1. The van der Waals surface area contributed by atoms with Gasteiger partial charge in [0.2, 0.25) is 0 Å². The lowest BCUT2D eigenvalue weighted by Crippen LogP contribution is -2.33. The number of carbonyl (C=O) groups excluding carboxylic acids is 2. The van der Waals surface area contributed by atoms with E-state index in [-0.39, 0.29) is 18.4 Å². The largest absolute Gasteiger partial charge is 0.386 e. The minimum Gasteiger partial charge on any atom is -0.386 e. The summed E-state index contributed by atoms with van der Waals surface area (Å²) >= 11 is 6.02. The summed E-state index contributed by atoms with van der Waals surface area (Å²) in [7, 11) is 0. The Kier molecular flexibility index (Phi) is 3.49. The monoisotopic (exact) mass is 301 g/mol. The number of fused-ring (bicyclic) bond motifs is 1. The van der Waals surface area contributed by atoms with Gasteiger partial charge in [0.1, 0.15) is 0 Å². The zero-order valence-corrected chi connectivity index (χ0v) is 11.7. The van der Waals surface area contributed by atoms with Crippen molar-refractivity contribution in [2.75, 3.05) is 6.54 Å². The van der Waals surface area contributed by atoms with Gasteiger partial charge in [-0.15, -0.1) is 0 Å². The maximum Gasteiger partial charge on any atom is 0.261 e. The third kappa shape index (κ3) is 2.33. The Hall–Kier alpha value is -2.17. The lowest BCUT2D eigenvalue weighted by molar-refractivity contribution is 0.0543. The molecule has 0 saturated carbocycles. The van der Waals surface area contributed by atoms with Crippen LogP contribution in [0.5, 0.6) is 0 Å². The fourth-order valence-corrected chi connectivity index (χ4v) is 2.68. The van der Waals surface area contributed by atoms with Gasteiger partial charge in [-0.1, -0.05) is 41.9 Å². The molecule has 5 heteroatoms. The summed E-state index contributed by atoms with van der Waals surface area (Å²) in [5.74, 6) is -0.775. The molecule has 2 aromatic carbocycles. The Balaban J connectivity index is 1.86. The van der Waals surface area contributed by atoms with Crippen LogP contribution < -0.4 is 0 Å². The molecule has 3 rings (SSSR count). The number of hydrogen-bond donors (Lipinski definition) is 1. The molecule has 1 aliphatic heterocycles. The zero-order valence-electron chi connectivity index (χ0n) is 11.0. The number of nitrogens with zero attached hydrogens (tertiary/aromatic N) is 1. The average Bonchev–Trinajstić information content (AvgIpc) is 2.73. The molecule has 0 saturated heterocycles. The van der Waals surface area contributed by atoms with E-state index in [1.54, 1.807) is 48.5 Å². The van der Waals surface area contributed by atoms with Crippen LogP contribution in [-0.2, 0) is 0 Å². The van der Waals surface area contributed by atoms with E-state index < -0.39 is 6.10 Å². The maximum atomic E-state index is 12.2. The van der Waals surface area contributed by atoms with E-state index in [1.807, 2.05) is 0 Å². The van der Waals surface area contributed by atoms with Gasteiger partial charge < -0.3 is 5.11 Å². The average molecular weight is 302 g/mol. The Morgan fingerprint density at radius 3 is 2.05 bits per heavy atom. The van der Waals surface area contributed by atoms with Gasteiger partial charge in [0.25, 0.3) is 11.8 Å². The maximum absolute atomic E-state index is 12.2. The van der Waals surface area contributed by atoms with E-state index in [2.05, 4.69) is 0 Å². The Bertz CT molecular complexity index is 694. The first-order valence-electron chi connectivity index (χ1n) is 6.47. The smallest absolute Gasteiger partial charge is 0.261 e. The molecule has 0 aliphatic carbocycles. The molecule has 1 aliphatic rings. The molecule has 0 fully saturated rings. The van der Waals surface area contributed by atoms with Crippen molar-refractivity contribution in [3.63, 3.8) is 0 Å². The molecule has 106 valence electrons. The molecular weight excluding hydrogens is 290 g/mol. The summed E-state index contributed by atoms with van der Waals surface area (Å²) in [5.41, 5.74) is 1.23. The molecule has 0 bridgehead atoms. The summed E-state index contributed by atoms with van der Waals surface area (Å²) in [6, 6.07) is 13.5. The van der Waals surface area contributed by atoms with Gasteiger partial charge in [0.15, 0.2) is 0 Å². The van der Waals surface area contributed by atoms with Gasteiger partial charge in [-0.3, -0.25) is 14.5 Å². The van der Waals surface area contributed by atoms with E-state index >= 15 is 0 Å². The predicted molar refractivity (Wildman–Crippen MR) is 78.2 cm³/mol. The molecule has 2 aromatic rings. The molecule has 1 heterocycles. The second kappa shape index (κ2) is 5.31. The van der Waals surface area contributed by atoms with Crippen molar-refractivity contribution in [1.29, 1.82) is 0 Å². The summed E-state index contributed by atoms with van der Waals surface area (Å²) in [6.45, 7) is -0.115. The molecule has 0 unspecified atom stereocenters. The highest BCUT2D eigenvalue weighted by Crippen LogP contribution is 2.27. The van der Waals surface area contributed by atoms with Crippen molar-refractivity contribution in [1.82, 2.24) is 4.90 Å². The number of aliphatic hydroxyl groups is 1. The second-order valence-electron chi connectivity index (χ2n) is 4.80. The zero-order chi connectivity index (χ0) is 15.0. The third-order valence-corrected chi connectivity index (χ3v) is 3.84. The fraction of sp³-hybridized carbons (Fsp3) is 0.125. The van der Waals surface area contributed by atoms with Crippen LogP contribution in [-0.4, -0.2) is 28.4 Å². The van der Waals surface area contributed by atoms with E-state index in [1.165, 1.54) is 0 Å². The molecule has 2 amide bonds.